The van der Waals surface area contributed by atoms with Crippen molar-refractivity contribution in [3.05, 3.63) is 23.3 Å². The summed E-state index contributed by atoms with van der Waals surface area (Å²) in [6.45, 7) is 2.12. The predicted octanol–water partition coefficient (Wildman–Crippen LogP) is 3.39. The minimum atomic E-state index is -0.468. The molecule has 0 aromatic heterocycles. The molecule has 0 aliphatic heterocycles. The smallest absolute Gasteiger partial charge is 0.206 e. The van der Waals surface area contributed by atoms with E-state index in [0.29, 0.717) is 6.42 Å². The van der Waals surface area contributed by atoms with Crippen LogP contribution in [0.1, 0.15) is 51.9 Å². The molecular weight excluding hydrogens is 226 g/mol. The number of hydrogen-bond acceptors (Lipinski definition) is 3. The van der Waals surface area contributed by atoms with E-state index in [1.54, 1.807) is 6.08 Å². The summed E-state index contributed by atoms with van der Waals surface area (Å²) >= 11 is 0. The van der Waals surface area contributed by atoms with Gasteiger partial charge in [0.15, 0.2) is 5.78 Å². The third-order valence-corrected chi connectivity index (χ3v) is 3.11. The Morgan fingerprint density at radius 1 is 1.44 bits per heavy atom. The quantitative estimate of drug-likeness (QED) is 0.598. The first-order chi connectivity index (χ1) is 8.69. The van der Waals surface area contributed by atoms with Gasteiger partial charge in [0.25, 0.3) is 0 Å². The van der Waals surface area contributed by atoms with Crippen molar-refractivity contribution in [3.8, 4) is 0 Å². The van der Waals surface area contributed by atoms with Crippen molar-refractivity contribution in [1.82, 2.24) is 0 Å². The predicted molar refractivity (Wildman–Crippen MR) is 73.0 cm³/mol. The summed E-state index contributed by atoms with van der Waals surface area (Å²) in [6.07, 6.45) is 10.8. The minimum absolute atomic E-state index is 0.118. The molecule has 18 heavy (non-hydrogen) atoms. The highest BCUT2D eigenvalue weighted by molar-refractivity contribution is 6.42. The van der Waals surface area contributed by atoms with Gasteiger partial charge in [-0.2, -0.15) is 0 Å². The first-order valence-electron chi connectivity index (χ1n) is 6.67. The lowest BCUT2D eigenvalue weighted by molar-refractivity contribution is -0.118. The third kappa shape index (κ3) is 4.40. The summed E-state index contributed by atoms with van der Waals surface area (Å²) in [7, 11) is 0. The Labute approximate surface area is 108 Å². The molecule has 0 bridgehead atoms. The molecule has 0 spiro atoms. The minimum Gasteiger partial charge on any atom is -0.305 e. The lowest BCUT2D eigenvalue weighted by Crippen LogP contribution is -2.13. The van der Waals surface area contributed by atoms with Crippen LogP contribution >= 0.6 is 0 Å². The molecule has 0 unspecified atom stereocenters. The number of allylic oxidation sites excluding steroid dienone is 4. The summed E-state index contributed by atoms with van der Waals surface area (Å²) in [6, 6.07) is 0. The zero-order chi connectivity index (χ0) is 13.4. The van der Waals surface area contributed by atoms with E-state index in [1.807, 2.05) is 0 Å². The standard InChI is InChI=1S/C15H21NO2/c1-2-3-7-12-8-5-4-6-9-14(17)13(10-12)15(18)11-16/h8,10-11,16H,2-7,9H2,1H3. The van der Waals surface area contributed by atoms with Gasteiger partial charge in [0.05, 0.1) is 11.8 Å². The molecule has 0 aromatic carbocycles. The highest BCUT2D eigenvalue weighted by Gasteiger charge is 2.17. The Morgan fingerprint density at radius 2 is 2.22 bits per heavy atom. The third-order valence-electron chi connectivity index (χ3n) is 3.11. The molecule has 1 rings (SSSR count). The number of hydrogen-bond donors (Lipinski definition) is 1. The largest absolute Gasteiger partial charge is 0.305 e. The van der Waals surface area contributed by atoms with Gasteiger partial charge in [0.2, 0.25) is 5.78 Å². The second-order valence-electron chi connectivity index (χ2n) is 4.62. The van der Waals surface area contributed by atoms with Crippen molar-refractivity contribution < 1.29 is 9.59 Å². The molecule has 3 nitrogen and oxygen atoms in total. The summed E-state index contributed by atoms with van der Waals surface area (Å²) in [5.74, 6) is -0.586. The average molecular weight is 247 g/mol. The van der Waals surface area contributed by atoms with Crippen LogP contribution in [-0.2, 0) is 9.59 Å². The summed E-state index contributed by atoms with van der Waals surface area (Å²) in [5, 5.41) is 7.03. The van der Waals surface area contributed by atoms with E-state index in [-0.39, 0.29) is 11.4 Å². The molecule has 0 amide bonds. The second-order valence-corrected chi connectivity index (χ2v) is 4.62. The van der Waals surface area contributed by atoms with Crippen LogP contribution < -0.4 is 0 Å². The van der Waals surface area contributed by atoms with Crippen LogP contribution in [0.3, 0.4) is 0 Å². The summed E-state index contributed by atoms with van der Waals surface area (Å²) in [4.78, 5) is 23.5. The number of unbranched alkanes of at least 4 members (excludes halogenated alkanes) is 1. The van der Waals surface area contributed by atoms with Crippen molar-refractivity contribution in [1.29, 1.82) is 5.41 Å². The average Bonchev–Trinajstić information content (AvgIpc) is 2.47. The molecule has 0 heterocycles. The van der Waals surface area contributed by atoms with Gasteiger partial charge in [-0.3, -0.25) is 9.59 Å². The summed E-state index contributed by atoms with van der Waals surface area (Å²) < 4.78 is 0. The second kappa shape index (κ2) is 7.75. The number of nitrogens with one attached hydrogen (secondary N) is 1. The molecule has 98 valence electrons. The van der Waals surface area contributed by atoms with Crippen LogP contribution in [0.5, 0.6) is 0 Å². The fourth-order valence-corrected chi connectivity index (χ4v) is 2.02. The van der Waals surface area contributed by atoms with Crippen molar-refractivity contribution in [3.63, 3.8) is 0 Å². The zero-order valence-corrected chi connectivity index (χ0v) is 11.0. The Bertz CT molecular complexity index is 391. The number of Topliss-reactive ketones (excluding diaryl/α,β-unsaturated/α-hetero) is 2. The van der Waals surface area contributed by atoms with Crippen molar-refractivity contribution >= 4 is 17.8 Å². The highest BCUT2D eigenvalue weighted by atomic mass is 16.1. The van der Waals surface area contributed by atoms with E-state index in [4.69, 9.17) is 5.41 Å². The number of carbonyl (C=O) groups excluding carboxylic acids is 2. The molecule has 1 aliphatic carbocycles. The van der Waals surface area contributed by atoms with E-state index in [1.165, 1.54) is 0 Å². The van der Waals surface area contributed by atoms with Crippen molar-refractivity contribution in [2.45, 2.75) is 51.9 Å². The first kappa shape index (κ1) is 14.6. The van der Waals surface area contributed by atoms with Crippen LogP contribution in [0, 0.1) is 5.41 Å². The Morgan fingerprint density at radius 3 is 2.89 bits per heavy atom. The maximum absolute atomic E-state index is 11.9. The molecule has 0 aromatic rings. The van der Waals surface area contributed by atoms with Crippen LogP contribution in [-0.4, -0.2) is 17.8 Å². The van der Waals surface area contributed by atoms with Crippen LogP contribution in [0.15, 0.2) is 23.3 Å². The number of rotatable bonds is 5. The Balaban J connectivity index is 2.99. The fraction of sp³-hybridized carbons (Fsp3) is 0.533. The van der Waals surface area contributed by atoms with Gasteiger partial charge in [0.1, 0.15) is 0 Å². The lowest BCUT2D eigenvalue weighted by atomic mass is 9.99. The Kier molecular flexibility index (Phi) is 6.26. The maximum atomic E-state index is 11.9. The molecule has 1 N–H and O–H groups in total. The molecule has 0 fully saturated rings. The van der Waals surface area contributed by atoms with Gasteiger partial charge in [-0.1, -0.05) is 25.0 Å². The molecule has 0 radical (unpaired) electrons. The molecule has 0 atom stereocenters. The van der Waals surface area contributed by atoms with Crippen molar-refractivity contribution in [2.75, 3.05) is 0 Å². The van der Waals surface area contributed by atoms with E-state index < -0.39 is 5.78 Å². The first-order valence-corrected chi connectivity index (χ1v) is 6.67. The summed E-state index contributed by atoms with van der Waals surface area (Å²) in [5.41, 5.74) is 1.26. The van der Waals surface area contributed by atoms with Gasteiger partial charge in [-0.25, -0.2) is 0 Å². The zero-order valence-electron chi connectivity index (χ0n) is 11.0. The van der Waals surface area contributed by atoms with Crippen molar-refractivity contribution in [2.24, 2.45) is 0 Å². The topological polar surface area (TPSA) is 58.0 Å². The van der Waals surface area contributed by atoms with Gasteiger partial charge < -0.3 is 5.41 Å². The molecule has 3 heteroatoms. The lowest BCUT2D eigenvalue weighted by Gasteiger charge is -2.04. The van der Waals surface area contributed by atoms with Gasteiger partial charge in [0, 0.05) is 6.42 Å². The molecular formula is C15H21NO2. The molecule has 0 saturated carbocycles. The van der Waals surface area contributed by atoms with Gasteiger partial charge in [-0.05, 0) is 38.2 Å². The monoisotopic (exact) mass is 247 g/mol. The van der Waals surface area contributed by atoms with Crippen LogP contribution in [0.2, 0.25) is 0 Å². The highest BCUT2D eigenvalue weighted by Crippen LogP contribution is 2.18. The molecule has 1 aliphatic rings. The number of carbonyl (C=O) groups is 2. The van der Waals surface area contributed by atoms with Crippen LogP contribution in [0.4, 0.5) is 0 Å². The fourth-order valence-electron chi connectivity index (χ4n) is 2.02. The molecule has 0 saturated heterocycles. The number of ketones is 2. The van der Waals surface area contributed by atoms with Crippen LogP contribution in [0.25, 0.3) is 0 Å². The SMILES string of the molecule is CCCCC1=CCCCCC(=O)C(C(=O)C=N)=C1. The van der Waals surface area contributed by atoms with E-state index in [9.17, 15) is 9.59 Å². The van der Waals surface area contributed by atoms with E-state index in [0.717, 1.165) is 50.3 Å². The normalized spacial score (nSPS) is 17.1. The van der Waals surface area contributed by atoms with E-state index >= 15 is 0 Å². The maximum Gasteiger partial charge on any atom is 0.206 e. The Hall–Kier alpha value is -1.51. The van der Waals surface area contributed by atoms with Gasteiger partial charge >= 0.3 is 0 Å². The van der Waals surface area contributed by atoms with E-state index in [2.05, 4.69) is 13.0 Å². The van der Waals surface area contributed by atoms with Gasteiger partial charge in [-0.15, -0.1) is 0 Å².